The maximum Gasteiger partial charge on any atom is 0.0920 e. The van der Waals surface area contributed by atoms with E-state index >= 15 is 0 Å². The quantitative estimate of drug-likeness (QED) is 0.779. The molecular formula is C22H27BrN2O. The van der Waals surface area contributed by atoms with Gasteiger partial charge in [0.15, 0.2) is 0 Å². The first-order chi connectivity index (χ1) is 12.5. The lowest BCUT2D eigenvalue weighted by Crippen LogP contribution is -2.42. The van der Waals surface area contributed by atoms with Gasteiger partial charge in [0.05, 0.1) is 5.60 Å². The van der Waals surface area contributed by atoms with Crippen molar-refractivity contribution in [2.75, 3.05) is 38.6 Å². The second kappa shape index (κ2) is 8.38. The number of nitrogens with zero attached hydrogens (tertiary/aromatic N) is 2. The minimum absolute atomic E-state index is 0.692. The van der Waals surface area contributed by atoms with Crippen molar-refractivity contribution in [3.05, 3.63) is 70.2 Å². The third kappa shape index (κ3) is 4.76. The Morgan fingerprint density at radius 1 is 1.04 bits per heavy atom. The molecular weight excluding hydrogens is 388 g/mol. The van der Waals surface area contributed by atoms with Crippen molar-refractivity contribution in [1.29, 1.82) is 0 Å². The number of anilines is 1. The SMILES string of the molecule is CN(C)c1ccc(/C=C/CN2CCC(O)(c3ccc(Br)cc3)CC2)cc1. The molecule has 1 aliphatic rings. The Hall–Kier alpha value is -1.62. The topological polar surface area (TPSA) is 26.7 Å². The lowest BCUT2D eigenvalue weighted by Gasteiger charge is -2.38. The second-order valence-electron chi connectivity index (χ2n) is 7.23. The summed E-state index contributed by atoms with van der Waals surface area (Å²) >= 11 is 3.46. The number of halogens is 1. The van der Waals surface area contributed by atoms with Gasteiger partial charge in [-0.2, -0.15) is 0 Å². The summed E-state index contributed by atoms with van der Waals surface area (Å²) < 4.78 is 1.05. The van der Waals surface area contributed by atoms with Gasteiger partial charge in [-0.15, -0.1) is 0 Å². The molecule has 1 aliphatic heterocycles. The van der Waals surface area contributed by atoms with Gasteiger partial charge in [0, 0.05) is 43.9 Å². The Morgan fingerprint density at radius 3 is 2.23 bits per heavy atom. The predicted octanol–water partition coefficient (Wildman–Crippen LogP) is 4.51. The first kappa shape index (κ1) is 19.2. The zero-order chi connectivity index (χ0) is 18.6. The van der Waals surface area contributed by atoms with Crippen LogP contribution < -0.4 is 4.90 Å². The molecule has 4 heteroatoms. The van der Waals surface area contributed by atoms with Gasteiger partial charge in [0.2, 0.25) is 0 Å². The van der Waals surface area contributed by atoms with Crippen molar-refractivity contribution in [2.24, 2.45) is 0 Å². The van der Waals surface area contributed by atoms with Crippen LogP contribution in [0.3, 0.4) is 0 Å². The summed E-state index contributed by atoms with van der Waals surface area (Å²) in [7, 11) is 4.10. The highest BCUT2D eigenvalue weighted by Crippen LogP contribution is 2.33. The Labute approximate surface area is 165 Å². The Kier molecular flexibility index (Phi) is 6.17. The van der Waals surface area contributed by atoms with E-state index in [-0.39, 0.29) is 0 Å². The average Bonchev–Trinajstić information content (AvgIpc) is 2.64. The molecule has 0 unspecified atom stereocenters. The van der Waals surface area contributed by atoms with Crippen molar-refractivity contribution >= 4 is 27.7 Å². The third-order valence-corrected chi connectivity index (χ3v) is 5.68. The van der Waals surface area contributed by atoms with Crippen molar-refractivity contribution in [3.63, 3.8) is 0 Å². The Bertz CT molecular complexity index is 730. The van der Waals surface area contributed by atoms with Gasteiger partial charge < -0.3 is 10.0 Å². The summed E-state index contributed by atoms with van der Waals surface area (Å²) in [4.78, 5) is 4.51. The molecule has 0 amide bonds. The van der Waals surface area contributed by atoms with E-state index in [1.165, 1.54) is 11.3 Å². The standard InChI is InChI=1S/C22H27BrN2O/c1-24(2)21-11-5-18(6-12-21)4-3-15-25-16-13-22(26,14-17-25)19-7-9-20(23)10-8-19/h3-12,26H,13-17H2,1-2H3/b4-3+. The highest BCUT2D eigenvalue weighted by Gasteiger charge is 2.33. The van der Waals surface area contributed by atoms with Crippen LogP contribution in [-0.2, 0) is 5.60 Å². The van der Waals surface area contributed by atoms with Crippen molar-refractivity contribution in [2.45, 2.75) is 18.4 Å². The Morgan fingerprint density at radius 2 is 1.65 bits per heavy atom. The second-order valence-corrected chi connectivity index (χ2v) is 8.14. The van der Waals surface area contributed by atoms with Crippen LogP contribution in [0.25, 0.3) is 6.08 Å². The van der Waals surface area contributed by atoms with E-state index in [1.807, 2.05) is 24.3 Å². The zero-order valence-corrected chi connectivity index (χ0v) is 17.1. The van der Waals surface area contributed by atoms with Gasteiger partial charge in [-0.3, -0.25) is 4.90 Å². The fourth-order valence-corrected chi connectivity index (χ4v) is 3.64. The maximum atomic E-state index is 11.0. The molecule has 2 aromatic carbocycles. The van der Waals surface area contributed by atoms with Crippen molar-refractivity contribution < 1.29 is 5.11 Å². The van der Waals surface area contributed by atoms with Crippen LogP contribution in [0, 0.1) is 0 Å². The maximum absolute atomic E-state index is 11.0. The summed E-state index contributed by atoms with van der Waals surface area (Å²) in [5.74, 6) is 0. The molecule has 1 fully saturated rings. The number of rotatable bonds is 5. The van der Waals surface area contributed by atoms with E-state index in [0.29, 0.717) is 0 Å². The summed E-state index contributed by atoms with van der Waals surface area (Å²) in [5, 5.41) is 11.0. The molecule has 3 nitrogen and oxygen atoms in total. The molecule has 26 heavy (non-hydrogen) atoms. The molecule has 0 atom stereocenters. The van der Waals surface area contributed by atoms with Crippen LogP contribution in [0.2, 0.25) is 0 Å². The van der Waals surface area contributed by atoms with Crippen molar-refractivity contribution in [3.8, 4) is 0 Å². The lowest BCUT2D eigenvalue weighted by atomic mass is 9.84. The van der Waals surface area contributed by atoms with Gasteiger partial charge in [0.1, 0.15) is 0 Å². The van der Waals surface area contributed by atoms with Crippen LogP contribution in [0.15, 0.2) is 59.1 Å². The minimum Gasteiger partial charge on any atom is -0.385 e. The summed E-state index contributed by atoms with van der Waals surface area (Å²) in [6.07, 6.45) is 5.95. The highest BCUT2D eigenvalue weighted by atomic mass is 79.9. The van der Waals surface area contributed by atoms with E-state index in [1.54, 1.807) is 0 Å². The third-order valence-electron chi connectivity index (χ3n) is 5.15. The van der Waals surface area contributed by atoms with Crippen LogP contribution in [-0.4, -0.2) is 43.7 Å². The molecule has 2 aromatic rings. The average molecular weight is 415 g/mol. The van der Waals surface area contributed by atoms with Crippen LogP contribution in [0.4, 0.5) is 5.69 Å². The fraction of sp³-hybridized carbons (Fsp3) is 0.364. The van der Waals surface area contributed by atoms with Gasteiger partial charge in [-0.1, -0.05) is 52.3 Å². The largest absolute Gasteiger partial charge is 0.385 e. The molecule has 1 heterocycles. The van der Waals surface area contributed by atoms with E-state index in [0.717, 1.165) is 42.5 Å². The summed E-state index contributed by atoms with van der Waals surface area (Å²) in [6.45, 7) is 2.75. The number of aliphatic hydroxyl groups is 1. The molecule has 0 aliphatic carbocycles. The molecule has 0 radical (unpaired) electrons. The van der Waals surface area contributed by atoms with Gasteiger partial charge in [-0.25, -0.2) is 0 Å². The first-order valence-corrected chi connectivity index (χ1v) is 9.90. The molecule has 0 saturated carbocycles. The Balaban J connectivity index is 1.51. The van der Waals surface area contributed by atoms with E-state index in [9.17, 15) is 5.11 Å². The van der Waals surface area contributed by atoms with E-state index < -0.39 is 5.60 Å². The first-order valence-electron chi connectivity index (χ1n) is 9.11. The van der Waals surface area contributed by atoms with E-state index in [4.69, 9.17) is 0 Å². The molecule has 3 rings (SSSR count). The van der Waals surface area contributed by atoms with Gasteiger partial charge in [-0.05, 0) is 48.2 Å². The molecule has 1 N–H and O–H groups in total. The van der Waals surface area contributed by atoms with E-state index in [2.05, 4.69) is 76.2 Å². The number of likely N-dealkylation sites (tertiary alicyclic amines) is 1. The molecule has 0 aromatic heterocycles. The smallest absolute Gasteiger partial charge is 0.0920 e. The number of hydrogen-bond donors (Lipinski definition) is 1. The van der Waals surface area contributed by atoms with Crippen LogP contribution >= 0.6 is 15.9 Å². The number of piperidine rings is 1. The predicted molar refractivity (Wildman–Crippen MR) is 114 cm³/mol. The minimum atomic E-state index is -0.692. The highest BCUT2D eigenvalue weighted by molar-refractivity contribution is 9.10. The van der Waals surface area contributed by atoms with Gasteiger partial charge >= 0.3 is 0 Å². The summed E-state index contributed by atoms with van der Waals surface area (Å²) in [5.41, 5.74) is 2.77. The monoisotopic (exact) mass is 414 g/mol. The lowest BCUT2D eigenvalue weighted by molar-refractivity contribution is -0.0233. The number of benzene rings is 2. The summed E-state index contributed by atoms with van der Waals surface area (Å²) in [6, 6.07) is 16.6. The molecule has 0 spiro atoms. The molecule has 138 valence electrons. The fourth-order valence-electron chi connectivity index (χ4n) is 3.38. The van der Waals surface area contributed by atoms with Crippen LogP contribution in [0.5, 0.6) is 0 Å². The van der Waals surface area contributed by atoms with Crippen molar-refractivity contribution in [1.82, 2.24) is 4.90 Å². The molecule has 1 saturated heterocycles. The van der Waals surface area contributed by atoms with Gasteiger partial charge in [0.25, 0.3) is 0 Å². The number of hydrogen-bond acceptors (Lipinski definition) is 3. The van der Waals surface area contributed by atoms with Crippen LogP contribution in [0.1, 0.15) is 24.0 Å². The molecule has 0 bridgehead atoms. The normalized spacial score (nSPS) is 17.5. The zero-order valence-electron chi connectivity index (χ0n) is 15.5.